The highest BCUT2D eigenvalue weighted by atomic mass is 16.1. The Bertz CT molecular complexity index is 916. The van der Waals surface area contributed by atoms with E-state index in [4.69, 9.17) is 0 Å². The minimum atomic E-state index is -0.143. The van der Waals surface area contributed by atoms with Gasteiger partial charge in [0, 0.05) is 11.3 Å². The molecular weight excluding hydrogens is 286 g/mol. The summed E-state index contributed by atoms with van der Waals surface area (Å²) in [7, 11) is 0. The predicted molar refractivity (Wildman–Crippen MR) is 92.9 cm³/mol. The number of nitrogens with one attached hydrogen (secondary N) is 1. The largest absolute Gasteiger partial charge is 0.322 e. The normalized spacial score (nSPS) is 10.8. The van der Waals surface area contributed by atoms with Gasteiger partial charge in [0.25, 0.3) is 5.91 Å². The molecule has 0 atom stereocenters. The number of fused-ring (bicyclic) bond motifs is 1. The van der Waals surface area contributed by atoms with Crippen molar-refractivity contribution in [2.24, 2.45) is 0 Å². The Kier molecular flexibility index (Phi) is 3.82. The molecule has 0 fully saturated rings. The minimum absolute atomic E-state index is 0.143. The van der Waals surface area contributed by atoms with Gasteiger partial charge in [0.2, 0.25) is 0 Å². The molecule has 1 aromatic heterocycles. The number of carbonyl (C=O) groups is 1. The van der Waals surface area contributed by atoms with Crippen LogP contribution in [0.4, 0.5) is 5.69 Å². The molecule has 0 saturated heterocycles. The maximum Gasteiger partial charge on any atom is 0.255 e. The van der Waals surface area contributed by atoms with Crippen LogP contribution < -0.4 is 5.32 Å². The van der Waals surface area contributed by atoms with Gasteiger partial charge in [-0.1, -0.05) is 6.07 Å². The van der Waals surface area contributed by atoms with Crippen molar-refractivity contribution in [1.82, 2.24) is 9.97 Å². The lowest BCUT2D eigenvalue weighted by Gasteiger charge is -2.09. The molecule has 0 aliphatic rings. The average molecular weight is 305 g/mol. The average Bonchev–Trinajstić information content (AvgIpc) is 2.51. The molecule has 0 saturated carbocycles. The number of aryl methyl sites for hydroxylation is 4. The molecule has 0 aliphatic heterocycles. The molecule has 23 heavy (non-hydrogen) atoms. The topological polar surface area (TPSA) is 54.9 Å². The molecular formula is C19H19N3O. The van der Waals surface area contributed by atoms with Crippen molar-refractivity contribution in [1.29, 1.82) is 0 Å². The number of rotatable bonds is 2. The van der Waals surface area contributed by atoms with Crippen LogP contribution in [-0.2, 0) is 0 Å². The van der Waals surface area contributed by atoms with Gasteiger partial charge in [-0.15, -0.1) is 0 Å². The second-order valence-electron chi connectivity index (χ2n) is 5.85. The van der Waals surface area contributed by atoms with Gasteiger partial charge < -0.3 is 5.32 Å². The maximum atomic E-state index is 12.4. The third kappa shape index (κ3) is 3.06. The smallest absolute Gasteiger partial charge is 0.255 e. The fourth-order valence-electron chi connectivity index (χ4n) is 2.39. The zero-order valence-electron chi connectivity index (χ0n) is 13.8. The molecule has 0 radical (unpaired) electrons. The zero-order chi connectivity index (χ0) is 16.6. The molecule has 3 rings (SSSR count). The lowest BCUT2D eigenvalue weighted by atomic mass is 10.1. The van der Waals surface area contributed by atoms with Crippen LogP contribution in [0, 0.1) is 27.7 Å². The van der Waals surface area contributed by atoms with E-state index in [1.54, 1.807) is 12.1 Å². The van der Waals surface area contributed by atoms with Gasteiger partial charge in [0.1, 0.15) is 0 Å². The van der Waals surface area contributed by atoms with E-state index in [0.29, 0.717) is 5.56 Å². The molecule has 2 aromatic carbocycles. The lowest BCUT2D eigenvalue weighted by Crippen LogP contribution is -2.12. The van der Waals surface area contributed by atoms with Crippen molar-refractivity contribution < 1.29 is 4.79 Å². The van der Waals surface area contributed by atoms with Crippen molar-refractivity contribution in [3.63, 3.8) is 0 Å². The second-order valence-corrected chi connectivity index (χ2v) is 5.85. The third-order valence-corrected chi connectivity index (χ3v) is 4.10. The van der Waals surface area contributed by atoms with Crippen molar-refractivity contribution >= 4 is 22.6 Å². The molecule has 116 valence electrons. The summed E-state index contributed by atoms with van der Waals surface area (Å²) >= 11 is 0. The number of hydrogen-bond donors (Lipinski definition) is 1. The number of benzene rings is 2. The summed E-state index contributed by atoms with van der Waals surface area (Å²) in [6, 6.07) is 11.3. The minimum Gasteiger partial charge on any atom is -0.322 e. The van der Waals surface area contributed by atoms with E-state index in [2.05, 4.69) is 15.3 Å². The van der Waals surface area contributed by atoms with Gasteiger partial charge in [-0.3, -0.25) is 4.79 Å². The van der Waals surface area contributed by atoms with Gasteiger partial charge in [-0.2, -0.15) is 0 Å². The Morgan fingerprint density at radius 1 is 0.826 bits per heavy atom. The van der Waals surface area contributed by atoms with Crippen molar-refractivity contribution in [2.45, 2.75) is 27.7 Å². The summed E-state index contributed by atoms with van der Waals surface area (Å²) in [6.45, 7) is 7.93. The fourth-order valence-corrected chi connectivity index (χ4v) is 2.39. The number of anilines is 1. The second kappa shape index (κ2) is 5.80. The van der Waals surface area contributed by atoms with Gasteiger partial charge in [0.15, 0.2) is 0 Å². The van der Waals surface area contributed by atoms with Gasteiger partial charge >= 0.3 is 0 Å². The van der Waals surface area contributed by atoms with E-state index in [9.17, 15) is 4.79 Å². The predicted octanol–water partition coefficient (Wildman–Crippen LogP) is 4.12. The van der Waals surface area contributed by atoms with Crippen LogP contribution in [0.2, 0.25) is 0 Å². The van der Waals surface area contributed by atoms with E-state index < -0.39 is 0 Å². The quantitative estimate of drug-likeness (QED) is 0.775. The van der Waals surface area contributed by atoms with Crippen LogP contribution in [-0.4, -0.2) is 15.9 Å². The Balaban J connectivity index is 1.91. The van der Waals surface area contributed by atoms with Gasteiger partial charge in [-0.05, 0) is 69.2 Å². The first-order chi connectivity index (χ1) is 10.9. The van der Waals surface area contributed by atoms with Crippen molar-refractivity contribution in [3.8, 4) is 0 Å². The Hall–Kier alpha value is -2.75. The van der Waals surface area contributed by atoms with E-state index in [0.717, 1.165) is 33.7 Å². The molecule has 0 aliphatic carbocycles. The summed E-state index contributed by atoms with van der Waals surface area (Å²) < 4.78 is 0. The lowest BCUT2D eigenvalue weighted by molar-refractivity contribution is 0.102. The molecule has 3 aromatic rings. The van der Waals surface area contributed by atoms with E-state index >= 15 is 0 Å². The van der Waals surface area contributed by atoms with Crippen molar-refractivity contribution in [3.05, 3.63) is 64.5 Å². The molecule has 4 nitrogen and oxygen atoms in total. The molecule has 0 bridgehead atoms. The monoisotopic (exact) mass is 305 g/mol. The number of amides is 1. The summed E-state index contributed by atoms with van der Waals surface area (Å²) in [6.07, 6.45) is 0. The maximum absolute atomic E-state index is 12.4. The number of nitrogens with zero attached hydrogens (tertiary/aromatic N) is 2. The molecule has 1 N–H and O–H groups in total. The molecule has 1 amide bonds. The van der Waals surface area contributed by atoms with E-state index in [1.807, 2.05) is 52.0 Å². The first-order valence-electron chi connectivity index (χ1n) is 7.57. The highest BCUT2D eigenvalue weighted by molar-refractivity contribution is 6.05. The number of carbonyl (C=O) groups excluding carboxylic acids is 1. The first-order valence-corrected chi connectivity index (χ1v) is 7.57. The van der Waals surface area contributed by atoms with Crippen LogP contribution in [0.5, 0.6) is 0 Å². The fraction of sp³-hybridized carbons (Fsp3) is 0.211. The van der Waals surface area contributed by atoms with Crippen molar-refractivity contribution in [2.75, 3.05) is 5.32 Å². The molecule has 1 heterocycles. The highest BCUT2D eigenvalue weighted by Gasteiger charge is 2.09. The van der Waals surface area contributed by atoms with Crippen LogP contribution >= 0.6 is 0 Å². The summed E-state index contributed by atoms with van der Waals surface area (Å²) in [5.41, 5.74) is 7.05. The van der Waals surface area contributed by atoms with Crippen LogP contribution in [0.25, 0.3) is 11.0 Å². The Morgan fingerprint density at radius 3 is 2.22 bits per heavy atom. The van der Waals surface area contributed by atoms with Crippen LogP contribution in [0.1, 0.15) is 32.9 Å². The van der Waals surface area contributed by atoms with E-state index in [1.165, 1.54) is 5.56 Å². The standard InChI is InChI=1S/C19H19N3O/c1-11-5-7-16(9-12(11)2)22-19(23)15-6-8-17-18(10-15)21-14(4)13(3)20-17/h5-10H,1-4H3,(H,22,23). The summed E-state index contributed by atoms with van der Waals surface area (Å²) in [5, 5.41) is 2.93. The highest BCUT2D eigenvalue weighted by Crippen LogP contribution is 2.18. The SMILES string of the molecule is Cc1ccc(NC(=O)c2ccc3nc(C)c(C)nc3c2)cc1C. The number of aromatic nitrogens is 2. The Labute approximate surface area is 135 Å². The van der Waals surface area contributed by atoms with Gasteiger partial charge in [-0.25, -0.2) is 9.97 Å². The number of hydrogen-bond acceptors (Lipinski definition) is 3. The summed E-state index contributed by atoms with van der Waals surface area (Å²) in [5.74, 6) is -0.143. The van der Waals surface area contributed by atoms with E-state index in [-0.39, 0.29) is 5.91 Å². The molecule has 0 unspecified atom stereocenters. The van der Waals surface area contributed by atoms with Gasteiger partial charge in [0.05, 0.1) is 22.4 Å². The third-order valence-electron chi connectivity index (χ3n) is 4.10. The zero-order valence-corrected chi connectivity index (χ0v) is 13.8. The molecule has 0 spiro atoms. The Morgan fingerprint density at radius 2 is 1.52 bits per heavy atom. The summed E-state index contributed by atoms with van der Waals surface area (Å²) in [4.78, 5) is 21.4. The first kappa shape index (κ1) is 15.2. The van der Waals surface area contributed by atoms with Crippen LogP contribution in [0.3, 0.4) is 0 Å². The molecule has 4 heteroatoms. The van der Waals surface area contributed by atoms with Crippen LogP contribution in [0.15, 0.2) is 36.4 Å².